The van der Waals surface area contributed by atoms with Crippen molar-refractivity contribution in [1.82, 2.24) is 15.0 Å². The number of anilines is 3. The molecule has 4 aromatic rings. The average Bonchev–Trinajstić information content (AvgIpc) is 2.86. The summed E-state index contributed by atoms with van der Waals surface area (Å²) in [6, 6.07) is 19.1. The lowest BCUT2D eigenvalue weighted by molar-refractivity contribution is 0.262. The summed E-state index contributed by atoms with van der Waals surface area (Å²) in [7, 11) is 1.75. The Labute approximate surface area is 196 Å². The smallest absolute Gasteiger partial charge is 0.323 e. The number of carbonyl (C=O) groups excluding carboxylic acids is 1. The molecule has 0 fully saturated rings. The van der Waals surface area contributed by atoms with Crippen LogP contribution in [0.2, 0.25) is 0 Å². The van der Waals surface area contributed by atoms with Gasteiger partial charge in [0.1, 0.15) is 5.75 Å². The number of nitrogens with zero attached hydrogens (tertiary/aromatic N) is 4. The van der Waals surface area contributed by atoms with E-state index in [1.807, 2.05) is 25.1 Å². The minimum absolute atomic E-state index is 0.405. The molecule has 9 heteroatoms. The van der Waals surface area contributed by atoms with Crippen LogP contribution in [0, 0.1) is 18.3 Å². The first-order chi connectivity index (χ1) is 16.6. The highest BCUT2D eigenvalue weighted by Crippen LogP contribution is 2.32. The SMILES string of the molecule is CNc1nccc(-c2cccnc2Oc2ccc(NC(=O)Nc3cccc(C#N)c3)cc2C)n1. The van der Waals surface area contributed by atoms with Crippen LogP contribution in [0.4, 0.5) is 22.1 Å². The number of pyridine rings is 1. The second-order valence-electron chi connectivity index (χ2n) is 7.23. The first-order valence-corrected chi connectivity index (χ1v) is 10.4. The molecule has 0 saturated carbocycles. The number of urea groups is 1. The molecular formula is C25H21N7O2. The fourth-order valence-electron chi connectivity index (χ4n) is 3.20. The number of hydrogen-bond donors (Lipinski definition) is 3. The minimum Gasteiger partial charge on any atom is -0.438 e. The van der Waals surface area contributed by atoms with E-state index in [-0.39, 0.29) is 0 Å². The highest BCUT2D eigenvalue weighted by molar-refractivity contribution is 5.99. The highest BCUT2D eigenvalue weighted by atomic mass is 16.5. The van der Waals surface area contributed by atoms with E-state index in [1.54, 1.807) is 68.0 Å². The Morgan fingerprint density at radius 3 is 2.56 bits per heavy atom. The van der Waals surface area contributed by atoms with Crippen molar-refractivity contribution in [3.63, 3.8) is 0 Å². The number of hydrogen-bond acceptors (Lipinski definition) is 7. The van der Waals surface area contributed by atoms with Crippen LogP contribution in [0.25, 0.3) is 11.3 Å². The Bertz CT molecular complexity index is 1380. The average molecular weight is 451 g/mol. The third-order valence-electron chi connectivity index (χ3n) is 4.82. The molecule has 0 aliphatic rings. The van der Waals surface area contributed by atoms with Gasteiger partial charge in [-0.05, 0) is 67.1 Å². The normalized spacial score (nSPS) is 10.1. The maximum Gasteiger partial charge on any atom is 0.323 e. The number of benzene rings is 2. The van der Waals surface area contributed by atoms with Gasteiger partial charge in [-0.25, -0.2) is 19.7 Å². The van der Waals surface area contributed by atoms with E-state index in [0.29, 0.717) is 40.2 Å². The van der Waals surface area contributed by atoms with Gasteiger partial charge in [0.2, 0.25) is 11.8 Å². The summed E-state index contributed by atoms with van der Waals surface area (Å²) in [5.41, 5.74) is 3.79. The van der Waals surface area contributed by atoms with Gasteiger partial charge < -0.3 is 20.7 Å². The van der Waals surface area contributed by atoms with Crippen LogP contribution < -0.4 is 20.7 Å². The Morgan fingerprint density at radius 2 is 1.79 bits per heavy atom. The maximum atomic E-state index is 12.4. The third-order valence-corrected chi connectivity index (χ3v) is 4.82. The summed E-state index contributed by atoms with van der Waals surface area (Å²) >= 11 is 0. The quantitative estimate of drug-likeness (QED) is 0.368. The molecule has 168 valence electrons. The summed E-state index contributed by atoms with van der Waals surface area (Å²) in [5, 5.41) is 17.4. The fraction of sp³-hybridized carbons (Fsp3) is 0.0800. The second-order valence-corrected chi connectivity index (χ2v) is 7.23. The van der Waals surface area contributed by atoms with E-state index in [4.69, 9.17) is 10.00 Å². The van der Waals surface area contributed by atoms with Crippen LogP contribution in [0.3, 0.4) is 0 Å². The molecule has 9 nitrogen and oxygen atoms in total. The zero-order valence-electron chi connectivity index (χ0n) is 18.5. The molecule has 3 N–H and O–H groups in total. The Kier molecular flexibility index (Phi) is 6.60. The number of ether oxygens (including phenoxy) is 1. The van der Waals surface area contributed by atoms with Crippen molar-refractivity contribution in [1.29, 1.82) is 5.26 Å². The molecule has 0 spiro atoms. The van der Waals surface area contributed by atoms with E-state index in [9.17, 15) is 4.79 Å². The molecule has 2 aromatic carbocycles. The van der Waals surface area contributed by atoms with Gasteiger partial charge in [-0.3, -0.25) is 0 Å². The zero-order valence-corrected chi connectivity index (χ0v) is 18.5. The van der Waals surface area contributed by atoms with Gasteiger partial charge in [-0.1, -0.05) is 6.07 Å². The van der Waals surface area contributed by atoms with Crippen LogP contribution in [0.1, 0.15) is 11.1 Å². The van der Waals surface area contributed by atoms with Crippen LogP contribution >= 0.6 is 0 Å². The third kappa shape index (κ3) is 5.26. The summed E-state index contributed by atoms with van der Waals surface area (Å²) in [6.07, 6.45) is 3.31. The van der Waals surface area contributed by atoms with Crippen molar-refractivity contribution in [3.05, 3.63) is 84.2 Å². The Morgan fingerprint density at radius 1 is 0.971 bits per heavy atom. The molecule has 0 saturated heterocycles. The number of nitriles is 1. The Balaban J connectivity index is 1.49. The van der Waals surface area contributed by atoms with Gasteiger partial charge in [-0.15, -0.1) is 0 Å². The lowest BCUT2D eigenvalue weighted by atomic mass is 10.2. The predicted octanol–water partition coefficient (Wildman–Crippen LogP) is 5.20. The van der Waals surface area contributed by atoms with Gasteiger partial charge in [0, 0.05) is 30.8 Å². The highest BCUT2D eigenvalue weighted by Gasteiger charge is 2.13. The topological polar surface area (TPSA) is 125 Å². The molecule has 2 heterocycles. The molecule has 0 atom stereocenters. The van der Waals surface area contributed by atoms with Gasteiger partial charge >= 0.3 is 6.03 Å². The maximum absolute atomic E-state index is 12.4. The number of nitrogens with one attached hydrogen (secondary N) is 3. The van der Waals surface area contributed by atoms with E-state index in [2.05, 4.69) is 30.9 Å². The molecule has 0 bridgehead atoms. The van der Waals surface area contributed by atoms with Crippen molar-refractivity contribution in [3.8, 4) is 29.0 Å². The molecule has 4 rings (SSSR count). The standard InChI is InChI=1S/C25H21N7O2/c1-16-13-19(31-25(33)30-18-6-3-5-17(14-18)15-26)8-9-22(16)34-23-20(7-4-11-28-23)21-10-12-29-24(27-2)32-21/h3-14H,1-2H3,(H,27,29,32)(H2,30,31,33). The van der Waals surface area contributed by atoms with Crippen molar-refractivity contribution in [2.24, 2.45) is 0 Å². The molecular weight excluding hydrogens is 430 g/mol. The number of aromatic nitrogens is 3. The van der Waals surface area contributed by atoms with Crippen LogP contribution in [-0.4, -0.2) is 28.0 Å². The Hall–Kier alpha value is -4.97. The van der Waals surface area contributed by atoms with Crippen molar-refractivity contribution in [2.45, 2.75) is 6.92 Å². The monoisotopic (exact) mass is 451 g/mol. The van der Waals surface area contributed by atoms with E-state index >= 15 is 0 Å². The molecule has 2 amide bonds. The molecule has 2 aromatic heterocycles. The van der Waals surface area contributed by atoms with Gasteiger partial charge in [-0.2, -0.15) is 5.26 Å². The first-order valence-electron chi connectivity index (χ1n) is 10.4. The van der Waals surface area contributed by atoms with Crippen molar-refractivity contribution < 1.29 is 9.53 Å². The number of aryl methyl sites for hydroxylation is 1. The number of amides is 2. The predicted molar refractivity (Wildman–Crippen MR) is 130 cm³/mol. The van der Waals surface area contributed by atoms with Crippen LogP contribution in [0.5, 0.6) is 11.6 Å². The van der Waals surface area contributed by atoms with Gasteiger partial charge in [0.15, 0.2) is 0 Å². The number of rotatable bonds is 6. The molecule has 0 aliphatic heterocycles. The molecule has 34 heavy (non-hydrogen) atoms. The molecule has 0 aliphatic carbocycles. The summed E-state index contributed by atoms with van der Waals surface area (Å²) in [6.45, 7) is 1.88. The molecule has 0 unspecified atom stereocenters. The summed E-state index contributed by atoms with van der Waals surface area (Å²) < 4.78 is 6.10. The second kappa shape index (κ2) is 10.1. The fourth-order valence-corrected chi connectivity index (χ4v) is 3.20. The molecule has 0 radical (unpaired) electrons. The minimum atomic E-state index is -0.417. The van der Waals surface area contributed by atoms with E-state index < -0.39 is 6.03 Å². The zero-order chi connectivity index (χ0) is 23.9. The number of carbonyl (C=O) groups is 1. The van der Waals surface area contributed by atoms with Crippen LogP contribution in [0.15, 0.2) is 73.1 Å². The summed E-state index contributed by atoms with van der Waals surface area (Å²) in [5.74, 6) is 1.49. The van der Waals surface area contributed by atoms with Crippen LogP contribution in [-0.2, 0) is 0 Å². The van der Waals surface area contributed by atoms with Crippen molar-refractivity contribution in [2.75, 3.05) is 23.0 Å². The lowest BCUT2D eigenvalue weighted by Gasteiger charge is -2.13. The lowest BCUT2D eigenvalue weighted by Crippen LogP contribution is -2.19. The largest absolute Gasteiger partial charge is 0.438 e. The van der Waals surface area contributed by atoms with Gasteiger partial charge in [0.05, 0.1) is 22.9 Å². The van der Waals surface area contributed by atoms with Crippen molar-refractivity contribution >= 4 is 23.4 Å². The van der Waals surface area contributed by atoms with E-state index in [1.165, 1.54) is 0 Å². The summed E-state index contributed by atoms with van der Waals surface area (Å²) in [4.78, 5) is 25.3. The first kappa shape index (κ1) is 22.2. The van der Waals surface area contributed by atoms with E-state index in [0.717, 1.165) is 11.1 Å². The van der Waals surface area contributed by atoms with Gasteiger partial charge in [0.25, 0.3) is 0 Å².